The Morgan fingerprint density at radius 1 is 1.15 bits per heavy atom. The van der Waals surface area contributed by atoms with Gasteiger partial charge in [0.1, 0.15) is 0 Å². The number of likely N-dealkylation sites (N-methyl/N-ethyl adjacent to an activating group) is 1. The maximum atomic E-state index is 9.91. The lowest BCUT2D eigenvalue weighted by Crippen LogP contribution is -2.27. The highest BCUT2D eigenvalue weighted by Crippen LogP contribution is 2.34. The zero-order valence-electron chi connectivity index (χ0n) is 15.5. The standard InChI is InChI=1S/C23H27ClN2/c1-3-14-23(19-25,21-11-7-12-22(24)18-21)15-8-16-26(2)17-13-20-9-5-4-6-10-20/h3-7,9-12,18H,1,8,13-17H2,2H3. The summed E-state index contributed by atoms with van der Waals surface area (Å²) >= 11 is 6.15. The van der Waals surface area contributed by atoms with Crippen LogP contribution in [0.5, 0.6) is 0 Å². The Balaban J connectivity index is 1.93. The molecule has 0 aliphatic heterocycles. The molecular weight excluding hydrogens is 340 g/mol. The fraction of sp³-hybridized carbons (Fsp3) is 0.348. The SMILES string of the molecule is C=CCC(C#N)(CCCN(C)CCc1ccccc1)c1cccc(Cl)c1. The third-order valence-corrected chi connectivity index (χ3v) is 5.09. The van der Waals surface area contributed by atoms with E-state index >= 15 is 0 Å². The number of benzene rings is 2. The molecule has 2 aromatic rings. The van der Waals surface area contributed by atoms with E-state index < -0.39 is 5.41 Å². The van der Waals surface area contributed by atoms with Crippen molar-refractivity contribution in [3.63, 3.8) is 0 Å². The van der Waals surface area contributed by atoms with Crippen LogP contribution in [0.3, 0.4) is 0 Å². The number of rotatable bonds is 10. The van der Waals surface area contributed by atoms with Gasteiger partial charge in [-0.2, -0.15) is 5.26 Å². The topological polar surface area (TPSA) is 27.0 Å². The Morgan fingerprint density at radius 3 is 2.58 bits per heavy atom. The van der Waals surface area contributed by atoms with Gasteiger partial charge in [0.2, 0.25) is 0 Å². The van der Waals surface area contributed by atoms with Gasteiger partial charge in [0.15, 0.2) is 0 Å². The molecule has 0 heterocycles. The van der Waals surface area contributed by atoms with Crippen molar-refractivity contribution in [2.75, 3.05) is 20.1 Å². The van der Waals surface area contributed by atoms with Crippen LogP contribution < -0.4 is 0 Å². The molecule has 1 unspecified atom stereocenters. The van der Waals surface area contributed by atoms with E-state index in [1.165, 1.54) is 5.56 Å². The molecule has 2 rings (SSSR count). The molecule has 0 radical (unpaired) electrons. The lowest BCUT2D eigenvalue weighted by molar-refractivity contribution is 0.316. The molecule has 0 spiro atoms. The Kier molecular flexibility index (Phi) is 7.91. The summed E-state index contributed by atoms with van der Waals surface area (Å²) in [5.41, 5.74) is 1.79. The molecule has 0 amide bonds. The van der Waals surface area contributed by atoms with Crippen LogP contribution in [-0.4, -0.2) is 25.0 Å². The molecule has 0 N–H and O–H groups in total. The zero-order valence-corrected chi connectivity index (χ0v) is 16.3. The van der Waals surface area contributed by atoms with Crippen LogP contribution in [0.2, 0.25) is 5.02 Å². The molecular formula is C23H27ClN2. The van der Waals surface area contributed by atoms with Crippen molar-refractivity contribution >= 4 is 11.6 Å². The second-order valence-corrected chi connectivity index (χ2v) is 7.28. The van der Waals surface area contributed by atoms with E-state index in [2.05, 4.69) is 48.9 Å². The first-order valence-electron chi connectivity index (χ1n) is 9.10. The summed E-state index contributed by atoms with van der Waals surface area (Å²) in [4.78, 5) is 2.33. The van der Waals surface area contributed by atoms with Gasteiger partial charge >= 0.3 is 0 Å². The highest BCUT2D eigenvalue weighted by molar-refractivity contribution is 6.30. The van der Waals surface area contributed by atoms with Crippen molar-refractivity contribution in [2.24, 2.45) is 0 Å². The van der Waals surface area contributed by atoms with E-state index in [-0.39, 0.29) is 0 Å². The predicted octanol–water partition coefficient (Wildman–Crippen LogP) is 5.63. The molecule has 0 aromatic heterocycles. The molecule has 2 nitrogen and oxygen atoms in total. The lowest BCUT2D eigenvalue weighted by Gasteiger charge is -2.27. The summed E-state index contributed by atoms with van der Waals surface area (Å²) in [6.45, 7) is 5.84. The summed E-state index contributed by atoms with van der Waals surface area (Å²) in [7, 11) is 2.14. The van der Waals surface area contributed by atoms with Crippen molar-refractivity contribution in [1.82, 2.24) is 4.90 Å². The Bertz CT molecular complexity index is 735. The highest BCUT2D eigenvalue weighted by Gasteiger charge is 2.30. The minimum Gasteiger partial charge on any atom is -0.306 e. The van der Waals surface area contributed by atoms with E-state index in [4.69, 9.17) is 11.6 Å². The van der Waals surface area contributed by atoms with Gasteiger partial charge in [0.25, 0.3) is 0 Å². The van der Waals surface area contributed by atoms with Gasteiger partial charge in [-0.1, -0.05) is 60.1 Å². The molecule has 3 heteroatoms. The first-order chi connectivity index (χ1) is 12.6. The summed E-state index contributed by atoms with van der Waals surface area (Å²) in [6, 6.07) is 20.7. The Hall–Kier alpha value is -2.08. The molecule has 0 aliphatic rings. The largest absolute Gasteiger partial charge is 0.306 e. The minimum absolute atomic E-state index is 0.549. The van der Waals surface area contributed by atoms with Crippen molar-refractivity contribution in [3.8, 4) is 6.07 Å². The van der Waals surface area contributed by atoms with Crippen molar-refractivity contribution in [2.45, 2.75) is 31.1 Å². The van der Waals surface area contributed by atoms with Gasteiger partial charge in [-0.3, -0.25) is 0 Å². The van der Waals surface area contributed by atoms with Crippen LogP contribution in [-0.2, 0) is 11.8 Å². The van der Waals surface area contributed by atoms with E-state index in [0.717, 1.165) is 37.9 Å². The first-order valence-corrected chi connectivity index (χ1v) is 9.48. The van der Waals surface area contributed by atoms with Crippen LogP contribution >= 0.6 is 11.6 Å². The number of nitrogens with zero attached hydrogens (tertiary/aromatic N) is 2. The number of allylic oxidation sites excluding steroid dienone is 1. The average molecular weight is 367 g/mol. The second-order valence-electron chi connectivity index (χ2n) is 6.84. The predicted molar refractivity (Wildman–Crippen MR) is 110 cm³/mol. The Labute approximate surface area is 162 Å². The number of hydrogen-bond donors (Lipinski definition) is 0. The van der Waals surface area contributed by atoms with Crippen LogP contribution in [0, 0.1) is 11.3 Å². The molecule has 26 heavy (non-hydrogen) atoms. The monoisotopic (exact) mass is 366 g/mol. The highest BCUT2D eigenvalue weighted by atomic mass is 35.5. The molecule has 136 valence electrons. The van der Waals surface area contributed by atoms with E-state index in [9.17, 15) is 5.26 Å². The van der Waals surface area contributed by atoms with Gasteiger partial charge < -0.3 is 4.90 Å². The molecule has 1 atom stereocenters. The third kappa shape index (κ3) is 5.73. The van der Waals surface area contributed by atoms with Crippen LogP contribution in [0.4, 0.5) is 0 Å². The molecule has 0 aliphatic carbocycles. The van der Waals surface area contributed by atoms with Gasteiger partial charge in [0.05, 0.1) is 11.5 Å². The van der Waals surface area contributed by atoms with Gasteiger partial charge in [-0.15, -0.1) is 6.58 Å². The van der Waals surface area contributed by atoms with Crippen molar-refractivity contribution < 1.29 is 0 Å². The van der Waals surface area contributed by atoms with Crippen molar-refractivity contribution in [3.05, 3.63) is 83.4 Å². The van der Waals surface area contributed by atoms with E-state index in [0.29, 0.717) is 11.4 Å². The molecule has 0 fully saturated rings. The summed E-state index contributed by atoms with van der Waals surface area (Å²) in [5.74, 6) is 0. The maximum absolute atomic E-state index is 9.91. The lowest BCUT2D eigenvalue weighted by atomic mass is 9.75. The fourth-order valence-electron chi connectivity index (χ4n) is 3.29. The normalized spacial score (nSPS) is 13.2. The molecule has 2 aromatic carbocycles. The first kappa shape index (κ1) is 20.2. The van der Waals surface area contributed by atoms with E-state index in [1.807, 2.05) is 36.4 Å². The molecule has 0 bridgehead atoms. The summed E-state index contributed by atoms with van der Waals surface area (Å²) in [6.07, 6.45) is 5.27. The van der Waals surface area contributed by atoms with Gasteiger partial charge in [-0.05, 0) is 62.5 Å². The summed E-state index contributed by atoms with van der Waals surface area (Å²) < 4.78 is 0. The van der Waals surface area contributed by atoms with Crippen LogP contribution in [0.25, 0.3) is 0 Å². The fourth-order valence-corrected chi connectivity index (χ4v) is 3.48. The average Bonchev–Trinajstić information content (AvgIpc) is 2.66. The zero-order chi connectivity index (χ0) is 18.8. The second kappa shape index (κ2) is 10.2. The smallest absolute Gasteiger partial charge is 0.0857 e. The Morgan fingerprint density at radius 2 is 1.92 bits per heavy atom. The minimum atomic E-state index is -0.549. The molecule has 0 saturated carbocycles. The number of halogens is 1. The van der Waals surface area contributed by atoms with E-state index in [1.54, 1.807) is 0 Å². The van der Waals surface area contributed by atoms with Gasteiger partial charge in [-0.25, -0.2) is 0 Å². The number of nitriles is 1. The quantitative estimate of drug-likeness (QED) is 0.509. The third-order valence-electron chi connectivity index (χ3n) is 4.85. The summed E-state index contributed by atoms with van der Waals surface area (Å²) in [5, 5.41) is 10.6. The molecule has 0 saturated heterocycles. The van der Waals surface area contributed by atoms with Crippen LogP contribution in [0.1, 0.15) is 30.4 Å². The number of hydrogen-bond acceptors (Lipinski definition) is 2. The van der Waals surface area contributed by atoms with Crippen LogP contribution in [0.15, 0.2) is 67.3 Å². The maximum Gasteiger partial charge on any atom is 0.0857 e. The van der Waals surface area contributed by atoms with Gasteiger partial charge in [0, 0.05) is 11.6 Å². The van der Waals surface area contributed by atoms with Crippen molar-refractivity contribution in [1.29, 1.82) is 5.26 Å².